The van der Waals surface area contributed by atoms with E-state index in [0.717, 1.165) is 17.8 Å². The maximum Gasteiger partial charge on any atom is 0.105 e. The molecule has 4 rings (SSSR count). The van der Waals surface area contributed by atoms with Crippen LogP contribution in [0.4, 0.5) is 0 Å². The van der Waals surface area contributed by atoms with E-state index in [9.17, 15) is 5.11 Å². The first-order valence-electron chi connectivity index (χ1n) is 7.06. The first kappa shape index (κ1) is 12.3. The fourth-order valence-electron chi connectivity index (χ4n) is 3.00. The van der Waals surface area contributed by atoms with Crippen LogP contribution in [0.2, 0.25) is 0 Å². The maximum absolute atomic E-state index is 10.7. The second kappa shape index (κ2) is 4.82. The van der Waals surface area contributed by atoms with E-state index in [-0.39, 0.29) is 5.92 Å². The number of rotatable bonds is 3. The Morgan fingerprint density at radius 2 is 1.81 bits per heavy atom. The van der Waals surface area contributed by atoms with Crippen molar-refractivity contribution in [1.29, 1.82) is 0 Å². The Morgan fingerprint density at radius 1 is 1.05 bits per heavy atom. The number of aromatic nitrogens is 3. The van der Waals surface area contributed by atoms with Gasteiger partial charge >= 0.3 is 0 Å². The van der Waals surface area contributed by atoms with Crippen molar-refractivity contribution in [2.24, 2.45) is 0 Å². The molecule has 0 fully saturated rings. The lowest BCUT2D eigenvalue weighted by atomic mass is 9.74. The molecule has 21 heavy (non-hydrogen) atoms. The molecule has 104 valence electrons. The van der Waals surface area contributed by atoms with Gasteiger partial charge in [0.15, 0.2) is 0 Å². The van der Waals surface area contributed by atoms with E-state index in [2.05, 4.69) is 22.4 Å². The monoisotopic (exact) mass is 277 g/mol. The summed E-state index contributed by atoms with van der Waals surface area (Å²) in [4.78, 5) is 0. The fourth-order valence-corrected chi connectivity index (χ4v) is 3.00. The molecule has 0 aliphatic heterocycles. The molecule has 1 aromatic heterocycles. The van der Waals surface area contributed by atoms with Gasteiger partial charge in [-0.15, -0.1) is 5.10 Å². The summed E-state index contributed by atoms with van der Waals surface area (Å²) < 4.78 is 1.71. The van der Waals surface area contributed by atoms with Crippen molar-refractivity contribution >= 4 is 0 Å². The van der Waals surface area contributed by atoms with Gasteiger partial charge < -0.3 is 5.11 Å². The molecular formula is C17H15N3O. The number of aliphatic hydroxyl groups excluding tert-OH is 1. The zero-order chi connectivity index (χ0) is 14.2. The number of para-hydroxylation sites is 1. The Hall–Kier alpha value is -2.46. The number of benzene rings is 2. The molecule has 1 aliphatic rings. The van der Waals surface area contributed by atoms with Gasteiger partial charge in [-0.1, -0.05) is 47.7 Å². The topological polar surface area (TPSA) is 50.9 Å². The smallest absolute Gasteiger partial charge is 0.105 e. The van der Waals surface area contributed by atoms with E-state index in [1.807, 2.05) is 42.5 Å². The van der Waals surface area contributed by atoms with Gasteiger partial charge in [0, 0.05) is 5.92 Å². The summed E-state index contributed by atoms with van der Waals surface area (Å²) in [5.74, 6) is 0.127. The molecular weight excluding hydrogens is 262 g/mol. The van der Waals surface area contributed by atoms with E-state index in [1.54, 1.807) is 10.9 Å². The summed E-state index contributed by atoms with van der Waals surface area (Å²) in [5, 5.41) is 18.8. The van der Waals surface area contributed by atoms with Crippen molar-refractivity contribution < 1.29 is 5.11 Å². The molecule has 4 heteroatoms. The molecule has 0 saturated carbocycles. The van der Waals surface area contributed by atoms with Crippen LogP contribution in [0.25, 0.3) is 5.69 Å². The van der Waals surface area contributed by atoms with E-state index in [0.29, 0.717) is 0 Å². The summed E-state index contributed by atoms with van der Waals surface area (Å²) in [6, 6.07) is 18.0. The van der Waals surface area contributed by atoms with Gasteiger partial charge in [-0.2, -0.15) is 0 Å². The van der Waals surface area contributed by atoms with Crippen molar-refractivity contribution in [3.05, 3.63) is 77.6 Å². The van der Waals surface area contributed by atoms with Crippen LogP contribution in [0.15, 0.2) is 60.8 Å². The summed E-state index contributed by atoms with van der Waals surface area (Å²) in [6.45, 7) is 0. The number of aliphatic hydroxyl groups is 1. The maximum atomic E-state index is 10.7. The molecule has 2 unspecified atom stereocenters. The van der Waals surface area contributed by atoms with E-state index in [1.165, 1.54) is 11.1 Å². The third-order valence-electron chi connectivity index (χ3n) is 4.15. The minimum Gasteiger partial charge on any atom is -0.386 e. The van der Waals surface area contributed by atoms with E-state index < -0.39 is 6.10 Å². The van der Waals surface area contributed by atoms with Crippen LogP contribution in [0, 0.1) is 0 Å². The lowest BCUT2D eigenvalue weighted by molar-refractivity contribution is 0.127. The van der Waals surface area contributed by atoms with Gasteiger partial charge in [-0.25, -0.2) is 4.68 Å². The average molecular weight is 277 g/mol. The molecule has 4 nitrogen and oxygen atoms in total. The zero-order valence-electron chi connectivity index (χ0n) is 11.4. The number of hydrogen-bond acceptors (Lipinski definition) is 3. The lowest BCUT2D eigenvalue weighted by Gasteiger charge is -2.33. The summed E-state index contributed by atoms with van der Waals surface area (Å²) >= 11 is 0. The number of nitrogens with zero attached hydrogens (tertiary/aromatic N) is 3. The standard InChI is InChI=1S/C17H15N3O/c21-17(15-10-12-6-4-5-9-14(12)15)16-11-18-19-20(16)13-7-2-1-3-8-13/h1-9,11,15,17,21H,10H2. The minimum absolute atomic E-state index is 0.127. The van der Waals surface area contributed by atoms with Gasteiger partial charge in [0.05, 0.1) is 17.6 Å². The number of hydrogen-bond donors (Lipinski definition) is 1. The molecule has 1 N–H and O–H groups in total. The second-order valence-corrected chi connectivity index (χ2v) is 5.36. The third-order valence-corrected chi connectivity index (χ3v) is 4.15. The molecule has 1 aliphatic carbocycles. The van der Waals surface area contributed by atoms with Crippen molar-refractivity contribution in [2.45, 2.75) is 18.4 Å². The fraction of sp³-hybridized carbons (Fsp3) is 0.176. The highest BCUT2D eigenvalue weighted by atomic mass is 16.3. The first-order chi connectivity index (χ1) is 10.3. The van der Waals surface area contributed by atoms with Gasteiger partial charge in [-0.3, -0.25) is 0 Å². The van der Waals surface area contributed by atoms with Crippen LogP contribution < -0.4 is 0 Å². The highest BCUT2D eigenvalue weighted by molar-refractivity contribution is 5.42. The molecule has 0 spiro atoms. The quantitative estimate of drug-likeness (QED) is 0.800. The van der Waals surface area contributed by atoms with Gasteiger partial charge in [0.2, 0.25) is 0 Å². The molecule has 3 aromatic rings. The zero-order valence-corrected chi connectivity index (χ0v) is 11.4. The van der Waals surface area contributed by atoms with Crippen LogP contribution in [0.1, 0.15) is 28.8 Å². The third kappa shape index (κ3) is 1.96. The van der Waals surface area contributed by atoms with Crippen LogP contribution >= 0.6 is 0 Å². The Labute approximate surface area is 122 Å². The lowest BCUT2D eigenvalue weighted by Crippen LogP contribution is -2.25. The van der Waals surface area contributed by atoms with Gasteiger partial charge in [0.25, 0.3) is 0 Å². The molecule has 0 saturated heterocycles. The normalized spacial score (nSPS) is 17.9. The molecule has 1 heterocycles. The Kier molecular flexibility index (Phi) is 2.82. The second-order valence-electron chi connectivity index (χ2n) is 5.36. The van der Waals surface area contributed by atoms with Crippen LogP contribution in [0.5, 0.6) is 0 Å². The Balaban J connectivity index is 1.68. The Bertz CT molecular complexity index is 766. The highest BCUT2D eigenvalue weighted by Crippen LogP contribution is 2.43. The predicted octanol–water partition coefficient (Wildman–Crippen LogP) is 2.64. The molecule has 0 bridgehead atoms. The van der Waals surface area contributed by atoms with Crippen LogP contribution in [-0.2, 0) is 6.42 Å². The van der Waals surface area contributed by atoms with Crippen molar-refractivity contribution in [2.75, 3.05) is 0 Å². The summed E-state index contributed by atoms with van der Waals surface area (Å²) in [7, 11) is 0. The van der Waals surface area contributed by atoms with Crippen molar-refractivity contribution in [1.82, 2.24) is 15.0 Å². The summed E-state index contributed by atoms with van der Waals surface area (Å²) in [6.07, 6.45) is 1.96. The molecule has 0 radical (unpaired) electrons. The summed E-state index contributed by atoms with van der Waals surface area (Å²) in [5.41, 5.74) is 4.20. The van der Waals surface area contributed by atoms with E-state index in [4.69, 9.17) is 0 Å². The SMILES string of the molecule is OC(c1cnnn1-c1ccccc1)C1Cc2ccccc21. The molecule has 0 amide bonds. The molecule has 2 aromatic carbocycles. The van der Waals surface area contributed by atoms with Gasteiger partial charge in [0.1, 0.15) is 6.10 Å². The largest absolute Gasteiger partial charge is 0.386 e. The van der Waals surface area contributed by atoms with Crippen LogP contribution in [0.3, 0.4) is 0 Å². The highest BCUT2D eigenvalue weighted by Gasteiger charge is 2.34. The van der Waals surface area contributed by atoms with Crippen LogP contribution in [-0.4, -0.2) is 20.1 Å². The van der Waals surface area contributed by atoms with Gasteiger partial charge in [-0.05, 0) is 29.7 Å². The average Bonchev–Trinajstić information content (AvgIpc) is 2.99. The van der Waals surface area contributed by atoms with Crippen molar-refractivity contribution in [3.8, 4) is 5.69 Å². The first-order valence-corrected chi connectivity index (χ1v) is 7.06. The minimum atomic E-state index is -0.588. The number of fused-ring (bicyclic) bond motifs is 1. The molecule has 2 atom stereocenters. The predicted molar refractivity (Wildman–Crippen MR) is 79.2 cm³/mol. The van der Waals surface area contributed by atoms with E-state index >= 15 is 0 Å². The van der Waals surface area contributed by atoms with Crippen molar-refractivity contribution in [3.63, 3.8) is 0 Å². The Morgan fingerprint density at radius 3 is 2.62 bits per heavy atom.